The Morgan fingerprint density at radius 2 is 2.11 bits per heavy atom. The summed E-state index contributed by atoms with van der Waals surface area (Å²) in [6, 6.07) is -0.651. The van der Waals surface area contributed by atoms with E-state index in [1.54, 1.807) is 18.7 Å². The molecule has 1 spiro atoms. The van der Waals surface area contributed by atoms with Crippen molar-refractivity contribution in [2.24, 2.45) is 11.8 Å². The van der Waals surface area contributed by atoms with Crippen LogP contribution in [0.15, 0.2) is 0 Å². The number of hydrogen-bond donors (Lipinski definition) is 2. The molecule has 28 heavy (non-hydrogen) atoms. The lowest BCUT2D eigenvalue weighted by Gasteiger charge is -2.34. The second-order valence-corrected chi connectivity index (χ2v) is 10.3. The molecule has 0 saturated carbocycles. The monoisotopic (exact) mass is 412 g/mol. The SMILES string of the molecule is CCCC(C)NC(=O)C1N(CCO)C(=O)[C@@H]2[C@@H](C(=O)OCC)[C@@]3(C)CCC12S3. The maximum Gasteiger partial charge on any atom is 0.311 e. The van der Waals surface area contributed by atoms with Gasteiger partial charge in [0.2, 0.25) is 11.8 Å². The number of amides is 2. The van der Waals surface area contributed by atoms with Gasteiger partial charge in [-0.05, 0) is 40.0 Å². The fraction of sp³-hybridized carbons (Fsp3) is 0.850. The number of hydrogen-bond acceptors (Lipinski definition) is 6. The molecule has 3 fully saturated rings. The second-order valence-electron chi connectivity index (χ2n) is 8.43. The van der Waals surface area contributed by atoms with Gasteiger partial charge in [0.25, 0.3) is 0 Å². The van der Waals surface area contributed by atoms with Crippen molar-refractivity contribution in [3.05, 3.63) is 0 Å². The summed E-state index contributed by atoms with van der Waals surface area (Å²) in [5, 5.41) is 12.6. The van der Waals surface area contributed by atoms with Gasteiger partial charge < -0.3 is 20.1 Å². The van der Waals surface area contributed by atoms with Crippen molar-refractivity contribution < 1.29 is 24.2 Å². The molecule has 3 saturated heterocycles. The van der Waals surface area contributed by atoms with Gasteiger partial charge in [-0.25, -0.2) is 0 Å². The summed E-state index contributed by atoms with van der Waals surface area (Å²) in [6.07, 6.45) is 3.30. The van der Waals surface area contributed by atoms with E-state index in [2.05, 4.69) is 12.2 Å². The van der Waals surface area contributed by atoms with Crippen LogP contribution in [0.25, 0.3) is 0 Å². The normalized spacial score (nSPS) is 37.1. The minimum absolute atomic E-state index is 0.0130. The third-order valence-corrected chi connectivity index (χ3v) is 8.50. The average molecular weight is 413 g/mol. The number of aliphatic hydroxyl groups is 1. The highest BCUT2D eigenvalue weighted by molar-refractivity contribution is 8.02. The average Bonchev–Trinajstić information content (AvgIpc) is 3.17. The molecule has 3 aliphatic rings. The Kier molecular flexibility index (Phi) is 6.01. The number of nitrogens with one attached hydrogen (secondary N) is 1. The zero-order chi connectivity index (χ0) is 20.7. The van der Waals surface area contributed by atoms with Crippen LogP contribution in [0.4, 0.5) is 0 Å². The number of nitrogens with zero attached hydrogens (tertiary/aromatic N) is 1. The topological polar surface area (TPSA) is 95.9 Å². The molecule has 0 aliphatic carbocycles. The molecule has 3 aliphatic heterocycles. The largest absolute Gasteiger partial charge is 0.466 e. The highest BCUT2D eigenvalue weighted by Crippen LogP contribution is 2.71. The van der Waals surface area contributed by atoms with E-state index >= 15 is 0 Å². The minimum Gasteiger partial charge on any atom is -0.466 e. The van der Waals surface area contributed by atoms with Crippen LogP contribution < -0.4 is 5.32 Å². The highest BCUT2D eigenvalue weighted by atomic mass is 32.2. The number of β-amino-alcohol motifs (C(OH)–C–C–N with tert-alkyl or cyclic N) is 1. The van der Waals surface area contributed by atoms with Crippen LogP contribution in [0.3, 0.4) is 0 Å². The summed E-state index contributed by atoms with van der Waals surface area (Å²) in [7, 11) is 0. The number of thioether (sulfide) groups is 1. The first-order valence-electron chi connectivity index (χ1n) is 10.3. The number of rotatable bonds is 8. The van der Waals surface area contributed by atoms with E-state index in [1.165, 1.54) is 4.90 Å². The zero-order valence-electron chi connectivity index (χ0n) is 17.2. The van der Waals surface area contributed by atoms with Crippen molar-refractivity contribution in [1.29, 1.82) is 0 Å². The molecule has 2 bridgehead atoms. The van der Waals surface area contributed by atoms with Crippen molar-refractivity contribution in [2.45, 2.75) is 75.0 Å². The Hall–Kier alpha value is -1.28. The molecule has 2 N–H and O–H groups in total. The van der Waals surface area contributed by atoms with Gasteiger partial charge in [-0.15, -0.1) is 11.8 Å². The first kappa shape index (κ1) is 21.4. The van der Waals surface area contributed by atoms with Crippen LogP contribution in [0, 0.1) is 11.8 Å². The van der Waals surface area contributed by atoms with E-state index in [0.717, 1.165) is 19.3 Å². The van der Waals surface area contributed by atoms with Crippen LogP contribution >= 0.6 is 11.8 Å². The maximum absolute atomic E-state index is 13.4. The predicted octanol–water partition coefficient (Wildman–Crippen LogP) is 1.33. The molecular formula is C20H32N2O5S. The second kappa shape index (κ2) is 7.86. The molecule has 0 aromatic rings. The summed E-state index contributed by atoms with van der Waals surface area (Å²) in [4.78, 5) is 40.9. The number of ether oxygens (including phenoxy) is 1. The zero-order valence-corrected chi connectivity index (χ0v) is 18.0. The quantitative estimate of drug-likeness (QED) is 0.584. The Labute approximate surface area is 170 Å². The third kappa shape index (κ3) is 3.12. The number of esters is 1. The van der Waals surface area contributed by atoms with Crippen molar-refractivity contribution >= 4 is 29.5 Å². The molecule has 2 amide bonds. The summed E-state index contributed by atoms with van der Waals surface area (Å²) in [6.45, 7) is 7.96. The Morgan fingerprint density at radius 1 is 1.39 bits per heavy atom. The van der Waals surface area contributed by atoms with E-state index < -0.39 is 27.4 Å². The van der Waals surface area contributed by atoms with Gasteiger partial charge in [-0.3, -0.25) is 14.4 Å². The molecule has 3 unspecified atom stereocenters. The lowest BCUT2D eigenvalue weighted by Crippen LogP contribution is -2.55. The molecule has 7 nitrogen and oxygen atoms in total. The Bertz CT molecular complexity index is 659. The molecule has 158 valence electrons. The van der Waals surface area contributed by atoms with Crippen LogP contribution in [0.1, 0.15) is 53.4 Å². The van der Waals surface area contributed by atoms with Crippen molar-refractivity contribution in [1.82, 2.24) is 10.2 Å². The summed E-state index contributed by atoms with van der Waals surface area (Å²) >= 11 is 1.62. The summed E-state index contributed by atoms with van der Waals surface area (Å²) in [5.74, 6) is -1.84. The number of aliphatic hydroxyl groups excluding tert-OH is 1. The standard InChI is InChI=1S/C20H32N2O5S/c1-5-7-12(3)21-16(24)15-20-9-8-19(4,28-20)14(18(26)27-6-2)13(20)17(25)22(15)10-11-23/h12-15,23H,5-11H2,1-4H3,(H,21,24)/t12?,13-,14-,15?,19+,20?/m0/s1. The van der Waals surface area contributed by atoms with E-state index in [-0.39, 0.29) is 43.6 Å². The lowest BCUT2D eigenvalue weighted by atomic mass is 9.66. The van der Waals surface area contributed by atoms with Gasteiger partial charge >= 0.3 is 5.97 Å². The van der Waals surface area contributed by atoms with E-state index in [4.69, 9.17) is 4.74 Å². The van der Waals surface area contributed by atoms with Crippen molar-refractivity contribution in [2.75, 3.05) is 19.8 Å². The number of likely N-dealkylation sites (tertiary alicyclic amines) is 1. The molecule has 3 heterocycles. The van der Waals surface area contributed by atoms with Crippen LogP contribution in [0.5, 0.6) is 0 Å². The molecule has 3 rings (SSSR count). The molecule has 8 heteroatoms. The molecule has 6 atom stereocenters. The van der Waals surface area contributed by atoms with Crippen LogP contribution in [-0.2, 0) is 19.1 Å². The maximum atomic E-state index is 13.4. The van der Waals surface area contributed by atoms with Gasteiger partial charge in [0.05, 0.1) is 29.8 Å². The third-order valence-electron chi connectivity index (χ3n) is 6.52. The Balaban J connectivity index is 1.97. The van der Waals surface area contributed by atoms with Crippen molar-refractivity contribution in [3.63, 3.8) is 0 Å². The van der Waals surface area contributed by atoms with Gasteiger partial charge in [0, 0.05) is 17.3 Å². The first-order valence-corrected chi connectivity index (χ1v) is 11.2. The van der Waals surface area contributed by atoms with E-state index in [0.29, 0.717) is 6.42 Å². The van der Waals surface area contributed by atoms with E-state index in [1.807, 2.05) is 13.8 Å². The molecule has 0 aromatic carbocycles. The molecule has 0 aromatic heterocycles. The smallest absolute Gasteiger partial charge is 0.311 e. The van der Waals surface area contributed by atoms with Crippen LogP contribution in [-0.4, -0.2) is 69.1 Å². The van der Waals surface area contributed by atoms with Crippen LogP contribution in [0.2, 0.25) is 0 Å². The lowest BCUT2D eigenvalue weighted by molar-refractivity contribution is -0.155. The van der Waals surface area contributed by atoms with E-state index in [9.17, 15) is 19.5 Å². The minimum atomic E-state index is -0.664. The first-order chi connectivity index (χ1) is 13.3. The van der Waals surface area contributed by atoms with Gasteiger partial charge in [-0.1, -0.05) is 13.3 Å². The predicted molar refractivity (Wildman–Crippen MR) is 107 cm³/mol. The summed E-state index contributed by atoms with van der Waals surface area (Å²) in [5.41, 5.74) is 0. The number of fused-ring (bicyclic) bond motifs is 1. The fourth-order valence-electron chi connectivity index (χ4n) is 5.49. The Morgan fingerprint density at radius 3 is 2.71 bits per heavy atom. The molecule has 0 radical (unpaired) electrons. The molecular weight excluding hydrogens is 380 g/mol. The fourth-order valence-corrected chi connectivity index (χ4v) is 7.84. The van der Waals surface area contributed by atoms with Gasteiger partial charge in [0.15, 0.2) is 0 Å². The number of carbonyl (C=O) groups excluding carboxylic acids is 3. The number of carbonyl (C=O) groups is 3. The van der Waals surface area contributed by atoms with Gasteiger partial charge in [0.1, 0.15) is 6.04 Å². The van der Waals surface area contributed by atoms with Gasteiger partial charge in [-0.2, -0.15) is 0 Å². The highest BCUT2D eigenvalue weighted by Gasteiger charge is 2.77. The van der Waals surface area contributed by atoms with Crippen molar-refractivity contribution in [3.8, 4) is 0 Å². The summed E-state index contributed by atoms with van der Waals surface area (Å²) < 4.78 is 4.28.